The number of nitrogens with one attached hydrogen (secondary N) is 2. The molecule has 4 N–H and O–H groups in total. The molecule has 1 unspecified atom stereocenters. The van der Waals surface area contributed by atoms with E-state index in [4.69, 9.17) is 5.73 Å². The average Bonchev–Trinajstić information content (AvgIpc) is 2.62. The van der Waals surface area contributed by atoms with Crippen LogP contribution in [0.5, 0.6) is 0 Å². The van der Waals surface area contributed by atoms with Crippen molar-refractivity contribution in [1.29, 1.82) is 0 Å². The summed E-state index contributed by atoms with van der Waals surface area (Å²) in [5, 5.41) is 5.46. The van der Waals surface area contributed by atoms with Crippen LogP contribution in [-0.4, -0.2) is 33.3 Å². The van der Waals surface area contributed by atoms with Gasteiger partial charge in [-0.3, -0.25) is 4.79 Å². The van der Waals surface area contributed by atoms with Crippen molar-refractivity contribution in [2.24, 2.45) is 10.1 Å². The summed E-state index contributed by atoms with van der Waals surface area (Å²) in [6.07, 6.45) is 0. The first kappa shape index (κ1) is 19.9. The minimum atomic E-state index is -3.89. The van der Waals surface area contributed by atoms with Crippen molar-refractivity contribution in [3.63, 3.8) is 0 Å². The van der Waals surface area contributed by atoms with E-state index in [0.717, 1.165) is 5.56 Å². The molecular formula is C17H19ClN4O3S. The van der Waals surface area contributed by atoms with Gasteiger partial charge in [-0.2, -0.15) is 8.42 Å². The van der Waals surface area contributed by atoms with Gasteiger partial charge in [-0.05, 0) is 17.7 Å². The molecule has 9 heteroatoms. The zero-order valence-corrected chi connectivity index (χ0v) is 15.4. The summed E-state index contributed by atoms with van der Waals surface area (Å²) in [4.78, 5) is 12.4. The lowest BCUT2D eigenvalue weighted by molar-refractivity contribution is -0.114. The van der Waals surface area contributed by atoms with Crippen LogP contribution in [0.15, 0.2) is 63.9 Å². The molecule has 2 aromatic rings. The summed E-state index contributed by atoms with van der Waals surface area (Å²) < 4.78 is 27.9. The van der Waals surface area contributed by atoms with Crippen molar-refractivity contribution in [2.75, 3.05) is 18.4 Å². The van der Waals surface area contributed by atoms with Crippen LogP contribution in [0.4, 0.5) is 5.69 Å². The maximum atomic E-state index is 12.3. The summed E-state index contributed by atoms with van der Waals surface area (Å²) in [5.41, 5.74) is 7.12. The molecule has 1 amide bonds. The van der Waals surface area contributed by atoms with Crippen molar-refractivity contribution in [1.82, 2.24) is 5.32 Å². The van der Waals surface area contributed by atoms with E-state index in [-0.39, 0.29) is 35.6 Å². The van der Waals surface area contributed by atoms with Crippen molar-refractivity contribution >= 4 is 39.9 Å². The number of amidine groups is 1. The molecular weight excluding hydrogens is 376 g/mol. The zero-order valence-electron chi connectivity index (χ0n) is 13.8. The van der Waals surface area contributed by atoms with E-state index in [0.29, 0.717) is 12.2 Å². The number of para-hydroxylation sites is 1. The van der Waals surface area contributed by atoms with E-state index in [9.17, 15) is 13.2 Å². The molecule has 0 fully saturated rings. The predicted octanol–water partition coefficient (Wildman–Crippen LogP) is 1.48. The average molecular weight is 395 g/mol. The van der Waals surface area contributed by atoms with Gasteiger partial charge in [0.1, 0.15) is 4.90 Å². The Hall–Kier alpha value is -2.42. The van der Waals surface area contributed by atoms with Crippen molar-refractivity contribution in [2.45, 2.75) is 10.8 Å². The third-order valence-electron chi connectivity index (χ3n) is 3.91. The normalized spacial score (nSPS) is 15.5. The molecule has 2 aromatic carbocycles. The van der Waals surface area contributed by atoms with Crippen LogP contribution in [0.2, 0.25) is 0 Å². The standard InChI is InChI=1S/C17H18N4O3S.ClH/c18-10-13(12-6-2-1-3-7-12)11-19-17(22)16-20-14-8-4-5-9-15(14)25(23,24)21-16;/h1-9,13H,10-11,18H2,(H,19,22)(H,20,21);1H. The first-order valence-electron chi connectivity index (χ1n) is 7.75. The molecule has 0 saturated carbocycles. The van der Waals surface area contributed by atoms with Gasteiger partial charge in [0.2, 0.25) is 5.84 Å². The number of hydrogen-bond acceptors (Lipinski definition) is 5. The maximum Gasteiger partial charge on any atom is 0.287 e. The molecule has 0 bridgehead atoms. The summed E-state index contributed by atoms with van der Waals surface area (Å²) in [7, 11) is -3.89. The Balaban J connectivity index is 0.00000243. The SMILES string of the molecule is Cl.NCC(CNC(=O)C1=NS(=O)(=O)c2ccccc2N1)c1ccccc1. The smallest absolute Gasteiger partial charge is 0.287 e. The first-order valence-corrected chi connectivity index (χ1v) is 9.19. The van der Waals surface area contributed by atoms with Gasteiger partial charge in [0.25, 0.3) is 15.9 Å². The highest BCUT2D eigenvalue weighted by atomic mass is 35.5. The van der Waals surface area contributed by atoms with Crippen molar-refractivity contribution in [3.8, 4) is 0 Å². The summed E-state index contributed by atoms with van der Waals surface area (Å²) >= 11 is 0. The summed E-state index contributed by atoms with van der Waals surface area (Å²) in [6, 6.07) is 15.9. The molecule has 7 nitrogen and oxygen atoms in total. The van der Waals surface area contributed by atoms with Crippen molar-refractivity contribution in [3.05, 3.63) is 60.2 Å². The Bertz CT molecular complexity index is 917. The van der Waals surface area contributed by atoms with Crippen LogP contribution >= 0.6 is 12.4 Å². The maximum absolute atomic E-state index is 12.3. The monoisotopic (exact) mass is 394 g/mol. The second kappa shape index (κ2) is 8.31. The van der Waals surface area contributed by atoms with E-state index in [2.05, 4.69) is 15.0 Å². The highest BCUT2D eigenvalue weighted by Gasteiger charge is 2.27. The van der Waals surface area contributed by atoms with Gasteiger partial charge in [0, 0.05) is 19.0 Å². The largest absolute Gasteiger partial charge is 0.349 e. The second-order valence-corrected chi connectivity index (χ2v) is 7.16. The third-order valence-corrected chi connectivity index (χ3v) is 5.24. The Morgan fingerprint density at radius 3 is 2.46 bits per heavy atom. The van der Waals surface area contributed by atoms with Crippen LogP contribution in [0, 0.1) is 0 Å². The van der Waals surface area contributed by atoms with E-state index < -0.39 is 15.9 Å². The lowest BCUT2D eigenvalue weighted by Crippen LogP contribution is -2.40. The molecule has 1 aliphatic heterocycles. The fourth-order valence-electron chi connectivity index (χ4n) is 2.57. The lowest BCUT2D eigenvalue weighted by atomic mass is 9.99. The number of rotatable bonds is 5. The number of anilines is 1. The van der Waals surface area contributed by atoms with Gasteiger partial charge in [0.15, 0.2) is 0 Å². The topological polar surface area (TPSA) is 114 Å². The Morgan fingerprint density at radius 2 is 1.77 bits per heavy atom. The number of sulfonamides is 1. The number of fused-ring (bicyclic) bond motifs is 1. The summed E-state index contributed by atoms with van der Waals surface area (Å²) in [5.74, 6) is -0.909. The molecule has 0 aliphatic carbocycles. The van der Waals surface area contributed by atoms with Gasteiger partial charge >= 0.3 is 0 Å². The van der Waals surface area contributed by atoms with E-state index in [1.807, 2.05) is 30.3 Å². The minimum absolute atomic E-state index is 0. The van der Waals surface area contributed by atoms with Gasteiger partial charge in [-0.25, -0.2) is 0 Å². The van der Waals surface area contributed by atoms with Crippen LogP contribution in [0.25, 0.3) is 0 Å². The number of amides is 1. The van der Waals surface area contributed by atoms with E-state index in [1.54, 1.807) is 18.2 Å². The fraction of sp³-hybridized carbons (Fsp3) is 0.176. The molecule has 0 spiro atoms. The van der Waals surface area contributed by atoms with E-state index >= 15 is 0 Å². The van der Waals surface area contributed by atoms with E-state index in [1.165, 1.54) is 6.07 Å². The summed E-state index contributed by atoms with van der Waals surface area (Å²) in [6.45, 7) is 0.632. The molecule has 138 valence electrons. The molecule has 26 heavy (non-hydrogen) atoms. The van der Waals surface area contributed by atoms with Crippen molar-refractivity contribution < 1.29 is 13.2 Å². The molecule has 3 rings (SSSR count). The minimum Gasteiger partial charge on any atom is -0.349 e. The fourth-order valence-corrected chi connectivity index (χ4v) is 3.69. The number of hydrogen-bond donors (Lipinski definition) is 3. The first-order chi connectivity index (χ1) is 12.0. The number of nitrogens with two attached hydrogens (primary N) is 1. The number of carbonyl (C=O) groups excluding carboxylic acids is 1. The van der Waals surface area contributed by atoms with Crippen LogP contribution < -0.4 is 16.4 Å². The highest BCUT2D eigenvalue weighted by Crippen LogP contribution is 2.26. The Morgan fingerprint density at radius 1 is 1.12 bits per heavy atom. The van der Waals surface area contributed by atoms with Gasteiger partial charge in [0.05, 0.1) is 5.69 Å². The van der Waals surface area contributed by atoms with Gasteiger partial charge < -0.3 is 16.4 Å². The number of benzene rings is 2. The lowest BCUT2D eigenvalue weighted by Gasteiger charge is -2.19. The molecule has 1 heterocycles. The molecule has 1 aliphatic rings. The van der Waals surface area contributed by atoms with Crippen LogP contribution in [0.1, 0.15) is 11.5 Å². The number of halogens is 1. The predicted molar refractivity (Wildman–Crippen MR) is 103 cm³/mol. The molecule has 0 aromatic heterocycles. The zero-order chi connectivity index (χ0) is 17.9. The Labute approximate surface area is 158 Å². The van der Waals surface area contributed by atoms with Gasteiger partial charge in [-0.15, -0.1) is 16.8 Å². The number of carbonyl (C=O) groups is 1. The Kier molecular flexibility index (Phi) is 6.36. The van der Waals surface area contributed by atoms with Crippen LogP contribution in [0.3, 0.4) is 0 Å². The molecule has 0 radical (unpaired) electrons. The molecule has 1 atom stereocenters. The molecule has 0 saturated heterocycles. The second-order valence-electron chi connectivity index (χ2n) is 5.59. The quantitative estimate of drug-likeness (QED) is 0.710. The highest BCUT2D eigenvalue weighted by molar-refractivity contribution is 7.90. The number of nitrogens with zero attached hydrogens (tertiary/aromatic N) is 1. The van der Waals surface area contributed by atoms with Gasteiger partial charge in [-0.1, -0.05) is 42.5 Å². The van der Waals surface area contributed by atoms with Crippen LogP contribution in [-0.2, 0) is 14.8 Å². The third kappa shape index (κ3) is 4.21.